The van der Waals surface area contributed by atoms with Crippen LogP contribution in [0.25, 0.3) is 0 Å². The van der Waals surface area contributed by atoms with Crippen molar-refractivity contribution in [1.29, 1.82) is 0 Å². The molecule has 1 heterocycles. The molecule has 0 saturated carbocycles. The lowest BCUT2D eigenvalue weighted by Crippen LogP contribution is -2.29. The first-order valence-corrected chi connectivity index (χ1v) is 11.1. The van der Waals surface area contributed by atoms with Crippen LogP contribution in [0.4, 0.5) is 11.4 Å². The summed E-state index contributed by atoms with van der Waals surface area (Å²) in [5.41, 5.74) is 3.66. The van der Waals surface area contributed by atoms with Crippen LogP contribution >= 0.6 is 0 Å². The molecule has 7 nitrogen and oxygen atoms in total. The number of para-hydroxylation sites is 1. The second kappa shape index (κ2) is 10.2. The summed E-state index contributed by atoms with van der Waals surface area (Å²) in [4.78, 5) is 40.0. The summed E-state index contributed by atoms with van der Waals surface area (Å²) in [6.45, 7) is 2.67. The van der Waals surface area contributed by atoms with E-state index in [9.17, 15) is 14.4 Å². The molecule has 1 aliphatic heterocycles. The average molecular weight is 458 g/mol. The van der Waals surface area contributed by atoms with Gasteiger partial charge < -0.3 is 20.3 Å². The van der Waals surface area contributed by atoms with Crippen LogP contribution in [0.2, 0.25) is 0 Å². The zero-order valence-electron chi connectivity index (χ0n) is 19.2. The minimum Gasteiger partial charge on any atom is -0.497 e. The zero-order valence-corrected chi connectivity index (χ0v) is 19.2. The molecule has 1 atom stereocenters. The van der Waals surface area contributed by atoms with Gasteiger partial charge in [0.2, 0.25) is 11.8 Å². The molecule has 3 amide bonds. The van der Waals surface area contributed by atoms with Crippen LogP contribution in [0.15, 0.2) is 72.8 Å². The topological polar surface area (TPSA) is 87.7 Å². The third-order valence-corrected chi connectivity index (χ3v) is 5.88. The van der Waals surface area contributed by atoms with E-state index in [0.29, 0.717) is 23.5 Å². The molecule has 3 aromatic rings. The van der Waals surface area contributed by atoms with Crippen molar-refractivity contribution in [1.82, 2.24) is 5.32 Å². The number of amides is 3. The van der Waals surface area contributed by atoms with E-state index in [1.54, 1.807) is 60.5 Å². The number of hydrogen-bond acceptors (Lipinski definition) is 4. The summed E-state index contributed by atoms with van der Waals surface area (Å²) in [5, 5.41) is 5.75. The molecule has 34 heavy (non-hydrogen) atoms. The van der Waals surface area contributed by atoms with Gasteiger partial charge >= 0.3 is 0 Å². The van der Waals surface area contributed by atoms with Gasteiger partial charge in [-0.05, 0) is 48.9 Å². The first kappa shape index (κ1) is 23.0. The monoisotopic (exact) mass is 457 g/mol. The van der Waals surface area contributed by atoms with Crippen molar-refractivity contribution in [3.8, 4) is 5.75 Å². The first-order valence-electron chi connectivity index (χ1n) is 11.1. The Bertz CT molecular complexity index is 1190. The number of anilines is 2. The van der Waals surface area contributed by atoms with E-state index in [2.05, 4.69) is 10.6 Å². The normalized spacial score (nSPS) is 15.2. The van der Waals surface area contributed by atoms with E-state index in [-0.39, 0.29) is 30.7 Å². The zero-order chi connectivity index (χ0) is 24.1. The second-order valence-electron chi connectivity index (χ2n) is 8.31. The van der Waals surface area contributed by atoms with Crippen LogP contribution in [-0.4, -0.2) is 31.4 Å². The van der Waals surface area contributed by atoms with Crippen LogP contribution in [0, 0.1) is 12.8 Å². The maximum Gasteiger partial charge on any atom is 0.253 e. The Balaban J connectivity index is 1.40. The Labute approximate surface area is 198 Å². The van der Waals surface area contributed by atoms with E-state index in [4.69, 9.17) is 4.74 Å². The lowest BCUT2D eigenvalue weighted by atomic mass is 10.1. The summed E-state index contributed by atoms with van der Waals surface area (Å²) in [7, 11) is 1.58. The lowest BCUT2D eigenvalue weighted by Gasteiger charge is -2.17. The van der Waals surface area contributed by atoms with E-state index in [0.717, 1.165) is 16.8 Å². The summed E-state index contributed by atoms with van der Waals surface area (Å²) in [5.74, 6) is -0.503. The van der Waals surface area contributed by atoms with Crippen molar-refractivity contribution in [2.75, 3.05) is 23.9 Å². The Hall–Kier alpha value is -4.13. The van der Waals surface area contributed by atoms with Crippen molar-refractivity contribution in [2.45, 2.75) is 19.9 Å². The van der Waals surface area contributed by atoms with Gasteiger partial charge in [0.05, 0.1) is 24.3 Å². The van der Waals surface area contributed by atoms with E-state index < -0.39 is 5.92 Å². The number of nitrogens with one attached hydrogen (secondary N) is 2. The predicted molar refractivity (Wildman–Crippen MR) is 131 cm³/mol. The number of carbonyl (C=O) groups excluding carboxylic acids is 3. The van der Waals surface area contributed by atoms with Crippen LogP contribution in [0.1, 0.15) is 27.9 Å². The highest BCUT2D eigenvalue weighted by atomic mass is 16.5. The van der Waals surface area contributed by atoms with Crippen molar-refractivity contribution in [3.63, 3.8) is 0 Å². The van der Waals surface area contributed by atoms with Gasteiger partial charge in [-0.1, -0.05) is 42.0 Å². The number of rotatable bonds is 7. The number of nitrogens with zero attached hydrogens (tertiary/aromatic N) is 1. The smallest absolute Gasteiger partial charge is 0.253 e. The number of ether oxygens (including phenoxy) is 1. The summed E-state index contributed by atoms with van der Waals surface area (Å²) < 4.78 is 5.16. The molecule has 174 valence electrons. The first-order chi connectivity index (χ1) is 16.4. The maximum atomic E-state index is 13.0. The Morgan fingerprint density at radius 1 is 1.00 bits per heavy atom. The fourth-order valence-corrected chi connectivity index (χ4v) is 3.90. The van der Waals surface area contributed by atoms with Gasteiger partial charge in [-0.3, -0.25) is 14.4 Å². The molecule has 0 bridgehead atoms. The summed E-state index contributed by atoms with van der Waals surface area (Å²) in [6.07, 6.45) is 0.111. The average Bonchev–Trinajstić information content (AvgIpc) is 3.25. The highest BCUT2D eigenvalue weighted by Gasteiger charge is 2.35. The molecular weight excluding hydrogens is 430 g/mol. The molecule has 0 aliphatic carbocycles. The number of methoxy groups -OCH3 is 1. The fraction of sp³-hybridized carbons (Fsp3) is 0.222. The minimum absolute atomic E-state index is 0.111. The van der Waals surface area contributed by atoms with Gasteiger partial charge in [0, 0.05) is 25.2 Å². The molecule has 3 aromatic carbocycles. The third kappa shape index (κ3) is 5.26. The summed E-state index contributed by atoms with van der Waals surface area (Å²) in [6, 6.07) is 21.9. The largest absolute Gasteiger partial charge is 0.497 e. The second-order valence-corrected chi connectivity index (χ2v) is 8.31. The van der Waals surface area contributed by atoms with Crippen molar-refractivity contribution >= 4 is 29.1 Å². The van der Waals surface area contributed by atoms with Crippen LogP contribution in [0.5, 0.6) is 5.75 Å². The maximum absolute atomic E-state index is 13.0. The van der Waals surface area contributed by atoms with Gasteiger partial charge in [-0.2, -0.15) is 0 Å². The van der Waals surface area contributed by atoms with Crippen LogP contribution in [0.3, 0.4) is 0 Å². The highest BCUT2D eigenvalue weighted by molar-refractivity contribution is 6.07. The number of hydrogen-bond donors (Lipinski definition) is 2. The predicted octanol–water partition coefficient (Wildman–Crippen LogP) is 3.93. The molecular formula is C27H27N3O4. The van der Waals surface area contributed by atoms with E-state index >= 15 is 0 Å². The van der Waals surface area contributed by atoms with Crippen LogP contribution < -0.4 is 20.3 Å². The standard InChI is InChI=1S/C27H27N3O4/c1-18-7-9-19(10-8-18)16-28-27(33)23-5-3-4-6-24(23)29-26(32)20-15-25(31)30(17-20)21-11-13-22(34-2)14-12-21/h3-14,20H,15-17H2,1-2H3,(H,28,33)(H,29,32)/t20-/m0/s1. The van der Waals surface area contributed by atoms with Gasteiger partial charge in [-0.15, -0.1) is 0 Å². The third-order valence-electron chi connectivity index (χ3n) is 5.88. The van der Waals surface area contributed by atoms with E-state index in [1.807, 2.05) is 31.2 Å². The lowest BCUT2D eigenvalue weighted by molar-refractivity contribution is -0.122. The fourth-order valence-electron chi connectivity index (χ4n) is 3.90. The molecule has 4 rings (SSSR count). The Morgan fingerprint density at radius 2 is 1.71 bits per heavy atom. The molecule has 0 unspecified atom stereocenters. The van der Waals surface area contributed by atoms with Gasteiger partial charge in [-0.25, -0.2) is 0 Å². The van der Waals surface area contributed by atoms with Gasteiger partial charge in [0.25, 0.3) is 5.91 Å². The molecule has 0 radical (unpaired) electrons. The van der Waals surface area contributed by atoms with E-state index in [1.165, 1.54) is 0 Å². The molecule has 0 spiro atoms. The molecule has 1 fully saturated rings. The molecule has 0 aromatic heterocycles. The number of carbonyl (C=O) groups is 3. The molecule has 1 saturated heterocycles. The van der Waals surface area contributed by atoms with Gasteiger partial charge in [0.1, 0.15) is 5.75 Å². The Kier molecular flexibility index (Phi) is 6.92. The summed E-state index contributed by atoms with van der Waals surface area (Å²) >= 11 is 0. The molecule has 7 heteroatoms. The van der Waals surface area contributed by atoms with Crippen molar-refractivity contribution in [3.05, 3.63) is 89.5 Å². The molecule has 1 aliphatic rings. The number of benzene rings is 3. The quantitative estimate of drug-likeness (QED) is 0.563. The SMILES string of the molecule is COc1ccc(N2C[C@@H](C(=O)Nc3ccccc3C(=O)NCc3ccc(C)cc3)CC2=O)cc1. The van der Waals surface area contributed by atoms with Gasteiger partial charge in [0.15, 0.2) is 0 Å². The number of aryl methyl sites for hydroxylation is 1. The minimum atomic E-state index is -0.515. The Morgan fingerprint density at radius 3 is 2.41 bits per heavy atom. The van der Waals surface area contributed by atoms with Crippen molar-refractivity contribution in [2.24, 2.45) is 5.92 Å². The highest BCUT2D eigenvalue weighted by Crippen LogP contribution is 2.28. The molecule has 2 N–H and O–H groups in total. The van der Waals surface area contributed by atoms with Crippen molar-refractivity contribution < 1.29 is 19.1 Å². The van der Waals surface area contributed by atoms with Crippen LogP contribution in [-0.2, 0) is 16.1 Å².